The summed E-state index contributed by atoms with van der Waals surface area (Å²) < 4.78 is 17.9. The van der Waals surface area contributed by atoms with E-state index in [-0.39, 0.29) is 18.0 Å². The van der Waals surface area contributed by atoms with Gasteiger partial charge < -0.3 is 15.8 Å². The lowest BCUT2D eigenvalue weighted by Gasteiger charge is -2.21. The van der Waals surface area contributed by atoms with Gasteiger partial charge in [0.2, 0.25) is 5.91 Å². The van der Waals surface area contributed by atoms with Crippen LogP contribution in [-0.4, -0.2) is 25.5 Å². The largest absolute Gasteiger partial charge is 0.465 e. The average Bonchev–Trinajstić information content (AvgIpc) is 2.39. The lowest BCUT2D eigenvalue weighted by Crippen LogP contribution is -2.37. The van der Waals surface area contributed by atoms with Crippen LogP contribution in [0.5, 0.6) is 0 Å². The smallest absolute Gasteiger partial charge is 0.340 e. The first-order chi connectivity index (χ1) is 8.81. The van der Waals surface area contributed by atoms with Gasteiger partial charge in [0.1, 0.15) is 5.82 Å². The van der Waals surface area contributed by atoms with E-state index in [2.05, 4.69) is 10.1 Å². The highest BCUT2D eigenvalue weighted by atomic mass is 19.1. The number of carbonyl (C=O) groups excluding carboxylic acids is 2. The van der Waals surface area contributed by atoms with Crippen LogP contribution >= 0.6 is 0 Å². The van der Waals surface area contributed by atoms with Crippen molar-refractivity contribution in [1.29, 1.82) is 0 Å². The molecule has 0 aliphatic rings. The highest BCUT2D eigenvalue weighted by Gasteiger charge is 2.26. The van der Waals surface area contributed by atoms with Gasteiger partial charge in [0.05, 0.1) is 18.1 Å². The molecule has 1 rings (SSSR count). The molecular formula is C13H17FN2O3. The maximum atomic E-state index is 13.4. The summed E-state index contributed by atoms with van der Waals surface area (Å²) in [7, 11) is 1.16. The topological polar surface area (TPSA) is 81.4 Å². The Morgan fingerprint density at radius 3 is 2.58 bits per heavy atom. The second-order valence-corrected chi connectivity index (χ2v) is 4.73. The van der Waals surface area contributed by atoms with Crippen molar-refractivity contribution in [2.75, 3.05) is 19.0 Å². The third-order valence-electron chi connectivity index (χ3n) is 2.75. The van der Waals surface area contributed by atoms with Gasteiger partial charge in [0.15, 0.2) is 0 Å². The third-order valence-corrected chi connectivity index (χ3v) is 2.75. The van der Waals surface area contributed by atoms with Gasteiger partial charge in [0, 0.05) is 12.2 Å². The maximum Gasteiger partial charge on any atom is 0.340 e. The molecule has 0 aliphatic carbocycles. The Labute approximate surface area is 110 Å². The normalized spacial score (nSPS) is 11.0. The van der Waals surface area contributed by atoms with E-state index in [0.29, 0.717) is 5.69 Å². The highest BCUT2D eigenvalue weighted by molar-refractivity contribution is 5.97. The Balaban J connectivity index is 2.98. The second kappa shape index (κ2) is 5.79. The van der Waals surface area contributed by atoms with Gasteiger partial charge in [-0.1, -0.05) is 0 Å². The van der Waals surface area contributed by atoms with Gasteiger partial charge >= 0.3 is 5.97 Å². The van der Waals surface area contributed by atoms with E-state index in [9.17, 15) is 14.0 Å². The zero-order chi connectivity index (χ0) is 14.6. The number of anilines is 1. The van der Waals surface area contributed by atoms with E-state index in [1.807, 2.05) is 0 Å². The van der Waals surface area contributed by atoms with Crippen LogP contribution in [0.1, 0.15) is 24.2 Å². The number of esters is 1. The molecule has 3 N–H and O–H groups in total. The summed E-state index contributed by atoms with van der Waals surface area (Å²) in [5.41, 5.74) is 4.82. The van der Waals surface area contributed by atoms with Crippen LogP contribution in [0.15, 0.2) is 18.2 Å². The van der Waals surface area contributed by atoms with E-state index in [1.165, 1.54) is 12.1 Å². The highest BCUT2D eigenvalue weighted by Crippen LogP contribution is 2.20. The van der Waals surface area contributed by atoms with Crippen molar-refractivity contribution in [1.82, 2.24) is 0 Å². The molecule has 5 nitrogen and oxygen atoms in total. The monoisotopic (exact) mass is 268 g/mol. The molecular weight excluding hydrogens is 251 g/mol. The molecule has 0 radical (unpaired) electrons. The van der Waals surface area contributed by atoms with Crippen LogP contribution in [-0.2, 0) is 9.53 Å². The summed E-state index contributed by atoms with van der Waals surface area (Å²) in [4.78, 5) is 23.2. The number of rotatable bonds is 4. The molecule has 104 valence electrons. The summed E-state index contributed by atoms with van der Waals surface area (Å²) in [5, 5.41) is 2.59. The lowest BCUT2D eigenvalue weighted by atomic mass is 9.92. The van der Waals surface area contributed by atoms with Crippen LogP contribution in [0, 0.1) is 11.2 Å². The molecule has 1 aromatic carbocycles. The first-order valence-corrected chi connectivity index (χ1v) is 5.71. The molecule has 0 saturated carbocycles. The van der Waals surface area contributed by atoms with Crippen molar-refractivity contribution < 1.29 is 18.7 Å². The first kappa shape index (κ1) is 15.1. The Bertz CT molecular complexity index is 501. The Morgan fingerprint density at radius 1 is 1.42 bits per heavy atom. The van der Waals surface area contributed by atoms with Gasteiger partial charge in [-0.3, -0.25) is 4.79 Å². The molecule has 0 atom stereocenters. The third kappa shape index (κ3) is 3.51. The fourth-order valence-corrected chi connectivity index (χ4v) is 1.26. The van der Waals surface area contributed by atoms with E-state index in [4.69, 9.17) is 5.73 Å². The molecule has 0 aliphatic heterocycles. The summed E-state index contributed by atoms with van der Waals surface area (Å²) in [6.07, 6.45) is 0. The number of nitrogens with one attached hydrogen (secondary N) is 1. The predicted octanol–water partition coefficient (Wildman–Crippen LogP) is 1.54. The molecule has 0 fully saturated rings. The van der Waals surface area contributed by atoms with E-state index < -0.39 is 17.2 Å². The van der Waals surface area contributed by atoms with Gasteiger partial charge in [-0.25, -0.2) is 9.18 Å². The number of carbonyl (C=O) groups is 2. The molecule has 6 heteroatoms. The molecule has 19 heavy (non-hydrogen) atoms. The Hall–Kier alpha value is -1.95. The minimum absolute atomic E-state index is 0.171. The standard InChI is InChI=1S/C13H17FN2O3/c1-13(2,7-15)12(18)16-8-4-5-10(14)9(6-8)11(17)19-3/h4-6H,7,15H2,1-3H3,(H,16,18). The van der Waals surface area contributed by atoms with Gasteiger partial charge in [-0.15, -0.1) is 0 Å². The summed E-state index contributed by atoms with van der Waals surface area (Å²) in [5.74, 6) is -1.81. The number of amides is 1. The molecule has 1 aromatic rings. The van der Waals surface area contributed by atoms with Gasteiger partial charge in [0.25, 0.3) is 0 Å². The van der Waals surface area contributed by atoms with Crippen LogP contribution in [0.4, 0.5) is 10.1 Å². The van der Waals surface area contributed by atoms with Crippen LogP contribution in [0.3, 0.4) is 0 Å². The maximum absolute atomic E-state index is 13.4. The summed E-state index contributed by atoms with van der Waals surface area (Å²) in [6, 6.07) is 3.69. The van der Waals surface area contributed by atoms with Crippen LogP contribution in [0.25, 0.3) is 0 Å². The SMILES string of the molecule is COC(=O)c1cc(NC(=O)C(C)(C)CN)ccc1F. The first-order valence-electron chi connectivity index (χ1n) is 5.71. The molecule has 0 unspecified atom stereocenters. The van der Waals surface area contributed by atoms with Crippen molar-refractivity contribution in [3.8, 4) is 0 Å². The van der Waals surface area contributed by atoms with Crippen molar-refractivity contribution in [2.24, 2.45) is 11.1 Å². The molecule has 0 spiro atoms. The van der Waals surface area contributed by atoms with E-state index in [0.717, 1.165) is 13.2 Å². The van der Waals surface area contributed by atoms with Crippen LogP contribution in [0.2, 0.25) is 0 Å². The minimum Gasteiger partial charge on any atom is -0.465 e. The fourth-order valence-electron chi connectivity index (χ4n) is 1.26. The number of methoxy groups -OCH3 is 1. The zero-order valence-corrected chi connectivity index (χ0v) is 11.1. The van der Waals surface area contributed by atoms with E-state index >= 15 is 0 Å². The predicted molar refractivity (Wildman–Crippen MR) is 69.2 cm³/mol. The van der Waals surface area contributed by atoms with Crippen molar-refractivity contribution in [2.45, 2.75) is 13.8 Å². The Morgan fingerprint density at radius 2 is 2.05 bits per heavy atom. The van der Waals surface area contributed by atoms with Crippen molar-refractivity contribution in [3.05, 3.63) is 29.6 Å². The molecule has 0 aromatic heterocycles. The zero-order valence-electron chi connectivity index (χ0n) is 11.1. The quantitative estimate of drug-likeness (QED) is 0.811. The molecule has 1 amide bonds. The van der Waals surface area contributed by atoms with Gasteiger partial charge in [-0.05, 0) is 32.0 Å². The molecule has 0 saturated heterocycles. The Kier molecular flexibility index (Phi) is 4.61. The second-order valence-electron chi connectivity index (χ2n) is 4.73. The summed E-state index contributed by atoms with van der Waals surface area (Å²) in [6.45, 7) is 3.55. The number of ether oxygens (including phenoxy) is 1. The number of hydrogen-bond acceptors (Lipinski definition) is 4. The number of nitrogens with two attached hydrogens (primary N) is 1. The van der Waals surface area contributed by atoms with Crippen molar-refractivity contribution >= 4 is 17.6 Å². The van der Waals surface area contributed by atoms with Crippen molar-refractivity contribution in [3.63, 3.8) is 0 Å². The van der Waals surface area contributed by atoms with Crippen LogP contribution < -0.4 is 11.1 Å². The minimum atomic E-state index is -0.799. The number of halogens is 1. The number of hydrogen-bond donors (Lipinski definition) is 2. The molecule has 0 bridgehead atoms. The number of benzene rings is 1. The summed E-state index contributed by atoms with van der Waals surface area (Å²) >= 11 is 0. The molecule has 0 heterocycles. The van der Waals surface area contributed by atoms with E-state index in [1.54, 1.807) is 13.8 Å². The lowest BCUT2D eigenvalue weighted by molar-refractivity contribution is -0.123. The average molecular weight is 268 g/mol. The fraction of sp³-hybridized carbons (Fsp3) is 0.385. The van der Waals surface area contributed by atoms with Gasteiger partial charge in [-0.2, -0.15) is 0 Å².